The van der Waals surface area contributed by atoms with Crippen LogP contribution in [0.1, 0.15) is 62.6 Å². The van der Waals surface area contributed by atoms with Crippen LogP contribution in [0.15, 0.2) is 48.5 Å². The molecule has 0 unspecified atom stereocenters. The van der Waals surface area contributed by atoms with E-state index in [1.807, 2.05) is 13.8 Å². The fourth-order valence-electron chi connectivity index (χ4n) is 3.03. The van der Waals surface area contributed by atoms with Crippen LogP contribution in [0.4, 0.5) is 22.0 Å². The van der Waals surface area contributed by atoms with Gasteiger partial charge in [-0.15, -0.1) is 0 Å². The smallest absolute Gasteiger partial charge is 0.425 e. The summed E-state index contributed by atoms with van der Waals surface area (Å²) in [5, 5.41) is 0. The first-order valence-corrected chi connectivity index (χ1v) is 10.2. The van der Waals surface area contributed by atoms with Gasteiger partial charge in [0, 0.05) is 11.1 Å². The first-order chi connectivity index (χ1) is 14.3. The van der Waals surface area contributed by atoms with Crippen molar-refractivity contribution in [2.45, 2.75) is 64.7 Å². The molecule has 6 heteroatoms. The maximum Gasteiger partial charge on any atom is 0.425 e. The number of aryl methyl sites for hydroxylation is 1. The van der Waals surface area contributed by atoms with Crippen LogP contribution < -0.4 is 4.74 Å². The molecular formula is C24H27F5O. The Kier molecular flexibility index (Phi) is 8.88. The Bertz CT molecular complexity index is 807. The van der Waals surface area contributed by atoms with Crippen molar-refractivity contribution in [3.8, 4) is 5.75 Å². The van der Waals surface area contributed by atoms with Gasteiger partial charge >= 0.3 is 6.18 Å². The number of ether oxygens (including phenoxy) is 1. The fourth-order valence-corrected chi connectivity index (χ4v) is 3.03. The minimum Gasteiger partial charge on any atom is -0.481 e. The van der Waals surface area contributed by atoms with Crippen molar-refractivity contribution in [1.82, 2.24) is 0 Å². The molecule has 0 heterocycles. The Labute approximate surface area is 174 Å². The van der Waals surface area contributed by atoms with Crippen LogP contribution in [0.3, 0.4) is 0 Å². The van der Waals surface area contributed by atoms with Crippen LogP contribution in [0.2, 0.25) is 0 Å². The van der Waals surface area contributed by atoms with Crippen molar-refractivity contribution in [1.29, 1.82) is 0 Å². The molecule has 0 aliphatic rings. The molecule has 1 atom stereocenters. The average molecular weight is 426 g/mol. The zero-order valence-corrected chi connectivity index (χ0v) is 17.2. The van der Waals surface area contributed by atoms with E-state index >= 15 is 0 Å². The van der Waals surface area contributed by atoms with Gasteiger partial charge in [0.1, 0.15) is 5.75 Å². The summed E-state index contributed by atoms with van der Waals surface area (Å²) in [5.74, 6) is -2.12. The standard InChI is InChI=1S/C24H27F5O/c1-3-5-6-7-8-21(24(27,28)29)30-20-15-13-19(14-16-20)23(26)22(25)18-11-9-17(4-2)10-12-18/h9-16,21H,3-8H2,1-2H3/t21-/m1/s1. The molecule has 164 valence electrons. The van der Waals surface area contributed by atoms with Crippen LogP contribution in [-0.2, 0) is 6.42 Å². The van der Waals surface area contributed by atoms with Crippen molar-refractivity contribution in [2.24, 2.45) is 0 Å². The van der Waals surface area contributed by atoms with Gasteiger partial charge in [-0.1, -0.05) is 57.4 Å². The summed E-state index contributed by atoms with van der Waals surface area (Å²) >= 11 is 0. The predicted octanol–water partition coefficient (Wildman–Crippen LogP) is 8.29. The maximum absolute atomic E-state index is 14.5. The monoisotopic (exact) mass is 426 g/mol. The van der Waals surface area contributed by atoms with Gasteiger partial charge in [-0.3, -0.25) is 0 Å². The molecular weight excluding hydrogens is 399 g/mol. The van der Waals surface area contributed by atoms with Gasteiger partial charge in [-0.2, -0.15) is 13.2 Å². The summed E-state index contributed by atoms with van der Waals surface area (Å²) in [7, 11) is 0. The molecule has 0 radical (unpaired) electrons. The lowest BCUT2D eigenvalue weighted by Crippen LogP contribution is -2.34. The lowest BCUT2D eigenvalue weighted by atomic mass is 10.1. The number of unbranched alkanes of at least 4 members (excludes halogenated alkanes) is 3. The Hall–Kier alpha value is -2.37. The molecule has 0 saturated carbocycles. The summed E-state index contributed by atoms with van der Waals surface area (Å²) in [6.07, 6.45) is -2.85. The van der Waals surface area contributed by atoms with E-state index in [2.05, 4.69) is 0 Å². The third kappa shape index (κ3) is 6.85. The second kappa shape index (κ2) is 11.1. The van der Waals surface area contributed by atoms with E-state index in [1.165, 1.54) is 36.4 Å². The molecule has 0 amide bonds. The fraction of sp³-hybridized carbons (Fsp3) is 0.417. The molecule has 2 aromatic carbocycles. The van der Waals surface area contributed by atoms with E-state index in [-0.39, 0.29) is 23.3 Å². The van der Waals surface area contributed by atoms with E-state index in [9.17, 15) is 22.0 Å². The van der Waals surface area contributed by atoms with Gasteiger partial charge < -0.3 is 4.74 Å². The van der Waals surface area contributed by atoms with Gasteiger partial charge in [0.25, 0.3) is 0 Å². The zero-order valence-electron chi connectivity index (χ0n) is 17.2. The Morgan fingerprint density at radius 1 is 0.800 bits per heavy atom. The second-order valence-electron chi connectivity index (χ2n) is 7.20. The highest BCUT2D eigenvalue weighted by Gasteiger charge is 2.41. The minimum absolute atomic E-state index is 0.0305. The third-order valence-corrected chi connectivity index (χ3v) is 4.88. The predicted molar refractivity (Wildman–Crippen MR) is 111 cm³/mol. The number of halogens is 5. The topological polar surface area (TPSA) is 9.23 Å². The lowest BCUT2D eigenvalue weighted by molar-refractivity contribution is -0.197. The molecule has 0 aliphatic carbocycles. The molecule has 2 rings (SSSR count). The lowest BCUT2D eigenvalue weighted by Gasteiger charge is -2.22. The van der Waals surface area contributed by atoms with Crippen LogP contribution in [0.5, 0.6) is 5.75 Å². The summed E-state index contributed by atoms with van der Waals surface area (Å²) in [4.78, 5) is 0. The molecule has 0 N–H and O–H groups in total. The zero-order chi connectivity index (χ0) is 22.1. The van der Waals surface area contributed by atoms with Gasteiger partial charge in [0.15, 0.2) is 17.8 Å². The van der Waals surface area contributed by atoms with Crippen LogP contribution in [-0.4, -0.2) is 12.3 Å². The molecule has 0 fully saturated rings. The van der Waals surface area contributed by atoms with Crippen molar-refractivity contribution in [2.75, 3.05) is 0 Å². The Balaban J connectivity index is 2.11. The van der Waals surface area contributed by atoms with Crippen LogP contribution >= 0.6 is 0 Å². The van der Waals surface area contributed by atoms with Crippen molar-refractivity contribution in [3.05, 3.63) is 65.2 Å². The van der Waals surface area contributed by atoms with E-state index < -0.39 is 23.9 Å². The van der Waals surface area contributed by atoms with Crippen molar-refractivity contribution < 1.29 is 26.7 Å². The molecule has 0 aromatic heterocycles. The minimum atomic E-state index is -4.49. The van der Waals surface area contributed by atoms with E-state index in [0.717, 1.165) is 24.8 Å². The summed E-state index contributed by atoms with van der Waals surface area (Å²) in [6, 6.07) is 11.3. The second-order valence-corrected chi connectivity index (χ2v) is 7.20. The summed E-state index contributed by atoms with van der Waals surface area (Å²) in [6.45, 7) is 3.94. The quantitative estimate of drug-likeness (QED) is 0.211. The highest BCUT2D eigenvalue weighted by Crippen LogP contribution is 2.32. The molecule has 1 nitrogen and oxygen atoms in total. The summed E-state index contributed by atoms with van der Waals surface area (Å²) in [5.41, 5.74) is 1.04. The number of rotatable bonds is 10. The SMILES string of the molecule is CCCCCC[C@@H](Oc1ccc(C(F)=C(F)c2ccc(CC)cc2)cc1)C(F)(F)F. The number of alkyl halides is 3. The summed E-state index contributed by atoms with van der Waals surface area (Å²) < 4.78 is 73.7. The molecule has 30 heavy (non-hydrogen) atoms. The molecule has 0 spiro atoms. The van der Waals surface area contributed by atoms with Crippen LogP contribution in [0.25, 0.3) is 11.7 Å². The highest BCUT2D eigenvalue weighted by molar-refractivity contribution is 5.83. The molecule has 0 saturated heterocycles. The number of benzene rings is 2. The maximum atomic E-state index is 14.5. The van der Waals surface area contributed by atoms with Gasteiger partial charge in [0.05, 0.1) is 0 Å². The van der Waals surface area contributed by atoms with Gasteiger partial charge in [0.2, 0.25) is 0 Å². The van der Waals surface area contributed by atoms with E-state index in [0.29, 0.717) is 12.8 Å². The van der Waals surface area contributed by atoms with Crippen molar-refractivity contribution in [3.63, 3.8) is 0 Å². The van der Waals surface area contributed by atoms with Gasteiger partial charge in [-0.25, -0.2) is 8.78 Å². The number of hydrogen-bond donors (Lipinski definition) is 0. The van der Waals surface area contributed by atoms with E-state index in [1.54, 1.807) is 12.1 Å². The highest BCUT2D eigenvalue weighted by atomic mass is 19.4. The Morgan fingerprint density at radius 3 is 1.80 bits per heavy atom. The van der Waals surface area contributed by atoms with Gasteiger partial charge in [-0.05, 0) is 49.1 Å². The molecule has 2 aromatic rings. The Morgan fingerprint density at radius 2 is 1.33 bits per heavy atom. The van der Waals surface area contributed by atoms with Crippen LogP contribution in [0, 0.1) is 0 Å². The number of hydrogen-bond acceptors (Lipinski definition) is 1. The molecule has 0 bridgehead atoms. The van der Waals surface area contributed by atoms with E-state index in [4.69, 9.17) is 4.74 Å². The van der Waals surface area contributed by atoms with Crippen molar-refractivity contribution >= 4 is 11.7 Å². The first-order valence-electron chi connectivity index (χ1n) is 10.2. The molecule has 0 aliphatic heterocycles. The largest absolute Gasteiger partial charge is 0.481 e. The first kappa shape index (κ1) is 23.9. The normalized spacial score (nSPS) is 13.7. The average Bonchev–Trinajstić information content (AvgIpc) is 2.74. The third-order valence-electron chi connectivity index (χ3n) is 4.88.